The lowest BCUT2D eigenvalue weighted by Crippen LogP contribution is -2.10. The minimum Gasteiger partial charge on any atom is -0.244 e. The quantitative estimate of drug-likeness (QED) is 0.864. The predicted molar refractivity (Wildman–Crippen MR) is 67.1 cm³/mol. The lowest BCUT2D eigenvalue weighted by atomic mass is 10.1. The first-order valence-electron chi connectivity index (χ1n) is 5.73. The minimum absolute atomic E-state index is 0.712. The molecule has 1 atom stereocenters. The van der Waals surface area contributed by atoms with E-state index >= 15 is 0 Å². The molecule has 1 unspecified atom stereocenters. The van der Waals surface area contributed by atoms with Crippen LogP contribution in [0, 0.1) is 11.8 Å². The van der Waals surface area contributed by atoms with Crippen molar-refractivity contribution < 1.29 is 0 Å². The average molecular weight is 280 g/mol. The highest BCUT2D eigenvalue weighted by Gasteiger charge is 2.28. The summed E-state index contributed by atoms with van der Waals surface area (Å²) in [6.07, 6.45) is 2.77. The molecule has 4 heteroatoms. The molecular formula is C12H14BrN3. The van der Waals surface area contributed by atoms with Gasteiger partial charge < -0.3 is 0 Å². The average Bonchev–Trinajstić information content (AvgIpc) is 3.04. The van der Waals surface area contributed by atoms with Crippen LogP contribution >= 0.6 is 15.9 Å². The molecule has 0 bridgehead atoms. The summed E-state index contributed by atoms with van der Waals surface area (Å²) in [6.45, 7) is 3.29. The molecule has 1 saturated carbocycles. The summed E-state index contributed by atoms with van der Waals surface area (Å²) in [6, 6.07) is 6.12. The summed E-state index contributed by atoms with van der Waals surface area (Å²) in [5.41, 5.74) is 2.09. The van der Waals surface area contributed by atoms with Gasteiger partial charge in [0.25, 0.3) is 0 Å². The Morgan fingerprint density at radius 2 is 2.31 bits per heavy atom. The second-order valence-corrected chi connectivity index (χ2v) is 5.55. The molecule has 1 heterocycles. The van der Waals surface area contributed by atoms with Gasteiger partial charge in [0.15, 0.2) is 0 Å². The highest BCUT2D eigenvalue weighted by Crippen LogP contribution is 2.37. The Labute approximate surface area is 103 Å². The molecule has 1 aliphatic rings. The van der Waals surface area contributed by atoms with Crippen molar-refractivity contribution in [2.45, 2.75) is 26.3 Å². The lowest BCUT2D eigenvalue weighted by Gasteiger charge is -2.09. The fourth-order valence-corrected chi connectivity index (χ4v) is 2.62. The van der Waals surface area contributed by atoms with E-state index in [-0.39, 0.29) is 0 Å². The highest BCUT2D eigenvalue weighted by atomic mass is 79.9. The van der Waals surface area contributed by atoms with Crippen LogP contribution in [-0.4, -0.2) is 15.0 Å². The molecule has 0 aliphatic heterocycles. The summed E-state index contributed by atoms with van der Waals surface area (Å²) in [5.74, 6) is 1.62. The Balaban J connectivity index is 1.94. The summed E-state index contributed by atoms with van der Waals surface area (Å²) in [4.78, 5) is 0. The van der Waals surface area contributed by atoms with E-state index in [4.69, 9.17) is 0 Å². The van der Waals surface area contributed by atoms with Crippen LogP contribution < -0.4 is 0 Å². The first kappa shape index (κ1) is 10.3. The number of halogens is 1. The van der Waals surface area contributed by atoms with E-state index in [1.165, 1.54) is 12.8 Å². The van der Waals surface area contributed by atoms with E-state index in [9.17, 15) is 0 Å². The van der Waals surface area contributed by atoms with Crippen LogP contribution in [0.25, 0.3) is 11.0 Å². The number of benzene rings is 1. The van der Waals surface area contributed by atoms with Crippen LogP contribution in [0.5, 0.6) is 0 Å². The van der Waals surface area contributed by atoms with Gasteiger partial charge in [-0.25, -0.2) is 4.68 Å². The van der Waals surface area contributed by atoms with E-state index in [0.29, 0.717) is 5.92 Å². The maximum absolute atomic E-state index is 4.24. The molecule has 84 valence electrons. The van der Waals surface area contributed by atoms with Crippen molar-refractivity contribution in [1.29, 1.82) is 0 Å². The van der Waals surface area contributed by atoms with Crippen molar-refractivity contribution in [1.82, 2.24) is 15.0 Å². The van der Waals surface area contributed by atoms with Crippen LogP contribution in [0.15, 0.2) is 22.7 Å². The molecule has 0 N–H and O–H groups in total. The fourth-order valence-electron chi connectivity index (χ4n) is 2.18. The van der Waals surface area contributed by atoms with Gasteiger partial charge in [-0.1, -0.05) is 18.2 Å². The second kappa shape index (κ2) is 3.84. The summed E-state index contributed by atoms with van der Waals surface area (Å²) in [5, 5.41) is 8.46. The van der Waals surface area contributed by atoms with E-state index in [0.717, 1.165) is 28.0 Å². The van der Waals surface area contributed by atoms with Gasteiger partial charge >= 0.3 is 0 Å². The zero-order valence-corrected chi connectivity index (χ0v) is 10.8. The zero-order valence-electron chi connectivity index (χ0n) is 9.23. The van der Waals surface area contributed by atoms with Crippen LogP contribution in [0.2, 0.25) is 0 Å². The Hall–Kier alpha value is -0.900. The van der Waals surface area contributed by atoms with E-state index in [2.05, 4.69) is 39.2 Å². The molecule has 3 nitrogen and oxygen atoms in total. The van der Waals surface area contributed by atoms with Crippen molar-refractivity contribution >= 4 is 27.0 Å². The monoisotopic (exact) mass is 279 g/mol. The smallest absolute Gasteiger partial charge is 0.127 e. The van der Waals surface area contributed by atoms with Gasteiger partial charge in [-0.15, -0.1) is 5.10 Å². The highest BCUT2D eigenvalue weighted by molar-refractivity contribution is 9.10. The summed E-state index contributed by atoms with van der Waals surface area (Å²) in [7, 11) is 0. The molecule has 1 aromatic carbocycles. The van der Waals surface area contributed by atoms with Crippen molar-refractivity contribution in [3.63, 3.8) is 0 Å². The molecule has 0 saturated heterocycles. The second-order valence-electron chi connectivity index (χ2n) is 4.69. The molecule has 1 fully saturated rings. The van der Waals surface area contributed by atoms with Crippen molar-refractivity contribution in [3.05, 3.63) is 22.7 Å². The fraction of sp³-hybridized carbons (Fsp3) is 0.500. The zero-order chi connectivity index (χ0) is 11.1. The number of fused-ring (bicyclic) bond motifs is 1. The standard InChI is InChI=1S/C12H14BrN3/c1-8(9-5-6-9)7-16-11-4-2-3-10(13)12(11)14-15-16/h2-4,8-9H,5-7H2,1H3. The Kier molecular flexibility index (Phi) is 2.46. The Morgan fingerprint density at radius 1 is 1.50 bits per heavy atom. The number of rotatable bonds is 3. The Morgan fingerprint density at radius 3 is 3.06 bits per heavy atom. The molecule has 3 rings (SSSR count). The van der Waals surface area contributed by atoms with Crippen LogP contribution in [0.4, 0.5) is 0 Å². The molecule has 2 aromatic rings. The Bertz CT molecular complexity index is 516. The van der Waals surface area contributed by atoms with E-state index in [1.54, 1.807) is 0 Å². The molecule has 16 heavy (non-hydrogen) atoms. The number of nitrogens with zero attached hydrogens (tertiary/aromatic N) is 3. The first-order valence-corrected chi connectivity index (χ1v) is 6.52. The molecule has 1 aromatic heterocycles. The normalized spacial score (nSPS) is 17.9. The number of hydrogen-bond acceptors (Lipinski definition) is 2. The molecule has 0 radical (unpaired) electrons. The van der Waals surface area contributed by atoms with Gasteiger partial charge in [0.2, 0.25) is 0 Å². The van der Waals surface area contributed by atoms with Crippen molar-refractivity contribution in [2.24, 2.45) is 11.8 Å². The maximum Gasteiger partial charge on any atom is 0.127 e. The third-order valence-corrected chi connectivity index (χ3v) is 4.02. The molecule has 0 spiro atoms. The largest absolute Gasteiger partial charge is 0.244 e. The third-order valence-electron chi connectivity index (χ3n) is 3.38. The van der Waals surface area contributed by atoms with Gasteiger partial charge in [0.1, 0.15) is 5.52 Å². The SMILES string of the molecule is CC(Cn1nnc2c(Br)cccc21)C1CC1. The van der Waals surface area contributed by atoms with Gasteiger partial charge in [-0.3, -0.25) is 0 Å². The van der Waals surface area contributed by atoms with Crippen LogP contribution in [0.1, 0.15) is 19.8 Å². The third kappa shape index (κ3) is 1.75. The number of aromatic nitrogens is 3. The molecular weight excluding hydrogens is 266 g/mol. The van der Waals surface area contributed by atoms with Gasteiger partial charge in [-0.2, -0.15) is 0 Å². The maximum atomic E-state index is 4.24. The molecule has 1 aliphatic carbocycles. The van der Waals surface area contributed by atoms with Gasteiger partial charge in [0.05, 0.1) is 5.52 Å². The predicted octanol–water partition coefficient (Wildman–Crippen LogP) is 3.24. The molecule has 0 amide bonds. The van der Waals surface area contributed by atoms with Gasteiger partial charge in [0, 0.05) is 11.0 Å². The van der Waals surface area contributed by atoms with Crippen LogP contribution in [-0.2, 0) is 6.54 Å². The van der Waals surface area contributed by atoms with Crippen LogP contribution in [0.3, 0.4) is 0 Å². The van der Waals surface area contributed by atoms with E-state index < -0.39 is 0 Å². The van der Waals surface area contributed by atoms with Gasteiger partial charge in [-0.05, 0) is 52.7 Å². The van der Waals surface area contributed by atoms with Crippen molar-refractivity contribution in [2.75, 3.05) is 0 Å². The van der Waals surface area contributed by atoms with E-state index in [1.807, 2.05) is 16.8 Å². The minimum atomic E-state index is 0.712. The lowest BCUT2D eigenvalue weighted by molar-refractivity contribution is 0.407. The van der Waals surface area contributed by atoms with Crippen molar-refractivity contribution in [3.8, 4) is 0 Å². The first-order chi connectivity index (χ1) is 7.75. The summed E-state index contributed by atoms with van der Waals surface area (Å²) < 4.78 is 3.05. The summed E-state index contributed by atoms with van der Waals surface area (Å²) >= 11 is 3.50. The topological polar surface area (TPSA) is 30.7 Å². The number of hydrogen-bond donors (Lipinski definition) is 0.